The van der Waals surface area contributed by atoms with Gasteiger partial charge in [-0.15, -0.1) is 5.54 Å². The van der Waals surface area contributed by atoms with Gasteiger partial charge in [0.1, 0.15) is 13.9 Å². The molecule has 1 fully saturated rings. The molecule has 1 unspecified atom stereocenters. The van der Waals surface area contributed by atoms with Crippen LogP contribution in [0.2, 0.25) is 19.6 Å². The number of hydrogen-bond donors (Lipinski definition) is 0. The minimum atomic E-state index is -1.28. The highest BCUT2D eigenvalue weighted by atomic mass is 28.3. The molecule has 0 heterocycles. The minimum absolute atomic E-state index is 0.0699. The van der Waals surface area contributed by atoms with Crippen LogP contribution in [0.5, 0.6) is 0 Å². The highest BCUT2D eigenvalue weighted by Crippen LogP contribution is 2.19. The molecule has 0 aromatic heterocycles. The fourth-order valence-electron chi connectivity index (χ4n) is 1.44. The van der Waals surface area contributed by atoms with Crippen molar-refractivity contribution >= 4 is 13.9 Å². The maximum absolute atomic E-state index is 11.4. The van der Waals surface area contributed by atoms with Crippen molar-refractivity contribution in [3.63, 3.8) is 0 Å². The van der Waals surface area contributed by atoms with Gasteiger partial charge >= 0.3 is 0 Å². The van der Waals surface area contributed by atoms with Crippen LogP contribution in [0, 0.1) is 17.4 Å². The summed E-state index contributed by atoms with van der Waals surface area (Å²) < 4.78 is 0. The molecule has 0 aromatic rings. The first-order chi connectivity index (χ1) is 5.99. The fraction of sp³-hybridized carbons (Fsp3) is 0.727. The molecule has 0 radical (unpaired) electrons. The van der Waals surface area contributed by atoms with Crippen LogP contribution in [0.25, 0.3) is 0 Å². The number of hydrogen-bond acceptors (Lipinski definition) is 1. The van der Waals surface area contributed by atoms with Crippen LogP contribution in [0.4, 0.5) is 0 Å². The van der Waals surface area contributed by atoms with Gasteiger partial charge < -0.3 is 0 Å². The molecule has 1 saturated carbocycles. The molecular weight excluding hydrogens is 176 g/mol. The third kappa shape index (κ3) is 3.78. The summed E-state index contributed by atoms with van der Waals surface area (Å²) in [5, 5.41) is 0. The molecule has 72 valence electrons. The summed E-state index contributed by atoms with van der Waals surface area (Å²) in [6.45, 7) is 6.65. The smallest absolute Gasteiger partial charge is 0.147 e. The standard InChI is InChI=1S/C11H18OSi/c1-13(2,3)9-8-10-6-4-5-7-11(10)12/h10H,4-7H2,1-3H3. The molecule has 0 bridgehead atoms. The number of Topliss-reactive ketones (excluding diaryl/α,β-unsaturated/α-hetero) is 1. The fourth-order valence-corrected chi connectivity index (χ4v) is 2.05. The van der Waals surface area contributed by atoms with Crippen LogP contribution in [-0.4, -0.2) is 13.9 Å². The molecule has 0 aliphatic heterocycles. The summed E-state index contributed by atoms with van der Waals surface area (Å²) in [6, 6.07) is 0. The number of carbonyl (C=O) groups excluding carboxylic acids is 1. The molecule has 1 rings (SSSR count). The van der Waals surface area contributed by atoms with E-state index >= 15 is 0 Å². The quantitative estimate of drug-likeness (QED) is 0.428. The van der Waals surface area contributed by atoms with E-state index in [1.54, 1.807) is 0 Å². The molecule has 0 spiro atoms. The van der Waals surface area contributed by atoms with Crippen molar-refractivity contribution in [1.82, 2.24) is 0 Å². The van der Waals surface area contributed by atoms with Crippen molar-refractivity contribution in [3.8, 4) is 11.5 Å². The topological polar surface area (TPSA) is 17.1 Å². The van der Waals surface area contributed by atoms with Gasteiger partial charge in [0.15, 0.2) is 0 Å². The summed E-state index contributed by atoms with van der Waals surface area (Å²) in [4.78, 5) is 11.4. The van der Waals surface area contributed by atoms with Gasteiger partial charge in [0.25, 0.3) is 0 Å². The highest BCUT2D eigenvalue weighted by molar-refractivity contribution is 6.83. The third-order valence-electron chi connectivity index (χ3n) is 2.18. The first kappa shape index (κ1) is 10.5. The van der Waals surface area contributed by atoms with E-state index in [0.717, 1.165) is 19.3 Å². The molecule has 0 aromatic carbocycles. The van der Waals surface area contributed by atoms with Crippen LogP contribution in [-0.2, 0) is 4.79 Å². The second-order valence-corrected chi connectivity index (χ2v) is 9.53. The zero-order chi connectivity index (χ0) is 9.90. The second-order valence-electron chi connectivity index (χ2n) is 4.78. The first-order valence-corrected chi connectivity index (χ1v) is 8.54. The van der Waals surface area contributed by atoms with Gasteiger partial charge in [-0.3, -0.25) is 4.79 Å². The third-order valence-corrected chi connectivity index (χ3v) is 3.07. The maximum atomic E-state index is 11.4. The van der Waals surface area contributed by atoms with E-state index in [1.165, 1.54) is 6.42 Å². The van der Waals surface area contributed by atoms with Gasteiger partial charge in [0.2, 0.25) is 0 Å². The van der Waals surface area contributed by atoms with E-state index < -0.39 is 8.07 Å². The Labute approximate surface area is 81.9 Å². The van der Waals surface area contributed by atoms with Gasteiger partial charge in [-0.1, -0.05) is 32.0 Å². The van der Waals surface area contributed by atoms with E-state index in [1.807, 2.05) is 0 Å². The Hall–Kier alpha value is -0.553. The van der Waals surface area contributed by atoms with Crippen molar-refractivity contribution in [2.45, 2.75) is 45.3 Å². The second kappa shape index (κ2) is 4.10. The van der Waals surface area contributed by atoms with Crippen molar-refractivity contribution in [2.24, 2.45) is 5.92 Å². The molecule has 1 aliphatic rings. The van der Waals surface area contributed by atoms with E-state index in [0.29, 0.717) is 5.78 Å². The van der Waals surface area contributed by atoms with Crippen molar-refractivity contribution in [3.05, 3.63) is 0 Å². The highest BCUT2D eigenvalue weighted by Gasteiger charge is 2.20. The lowest BCUT2D eigenvalue weighted by Crippen LogP contribution is -2.21. The molecule has 2 heteroatoms. The Morgan fingerprint density at radius 3 is 2.54 bits per heavy atom. The van der Waals surface area contributed by atoms with Gasteiger partial charge in [-0.2, -0.15) is 0 Å². The van der Waals surface area contributed by atoms with Gasteiger partial charge in [0.05, 0.1) is 5.92 Å². The van der Waals surface area contributed by atoms with Crippen molar-refractivity contribution in [1.29, 1.82) is 0 Å². The van der Waals surface area contributed by atoms with E-state index in [2.05, 4.69) is 31.1 Å². The number of rotatable bonds is 0. The molecule has 0 N–H and O–H groups in total. The SMILES string of the molecule is C[Si](C)(C)C#CC1CCCCC1=O. The van der Waals surface area contributed by atoms with Gasteiger partial charge in [-0.05, 0) is 12.8 Å². The van der Waals surface area contributed by atoms with Crippen LogP contribution in [0.1, 0.15) is 25.7 Å². The summed E-state index contributed by atoms with van der Waals surface area (Å²) >= 11 is 0. The lowest BCUT2D eigenvalue weighted by molar-refractivity contribution is -0.122. The maximum Gasteiger partial charge on any atom is 0.147 e. The lowest BCUT2D eigenvalue weighted by Gasteiger charge is -2.15. The molecule has 13 heavy (non-hydrogen) atoms. The van der Waals surface area contributed by atoms with Crippen LogP contribution >= 0.6 is 0 Å². The first-order valence-electron chi connectivity index (χ1n) is 5.04. The molecule has 1 aliphatic carbocycles. The average Bonchev–Trinajstić information content (AvgIpc) is 2.01. The van der Waals surface area contributed by atoms with Gasteiger partial charge in [-0.25, -0.2) is 0 Å². The van der Waals surface area contributed by atoms with Crippen LogP contribution < -0.4 is 0 Å². The van der Waals surface area contributed by atoms with Crippen LogP contribution in [0.15, 0.2) is 0 Å². The largest absolute Gasteiger partial charge is 0.298 e. The average molecular weight is 194 g/mol. The molecule has 0 saturated heterocycles. The van der Waals surface area contributed by atoms with Gasteiger partial charge in [0, 0.05) is 6.42 Å². The Kier molecular flexibility index (Phi) is 3.32. The number of ketones is 1. The summed E-state index contributed by atoms with van der Waals surface area (Å²) in [6.07, 6.45) is 4.00. The van der Waals surface area contributed by atoms with Crippen molar-refractivity contribution < 1.29 is 4.79 Å². The van der Waals surface area contributed by atoms with Crippen molar-refractivity contribution in [2.75, 3.05) is 0 Å². The van der Waals surface area contributed by atoms with E-state index in [9.17, 15) is 4.79 Å². The summed E-state index contributed by atoms with van der Waals surface area (Å²) in [5.74, 6) is 3.62. The monoisotopic (exact) mass is 194 g/mol. The Bertz CT molecular complexity index is 251. The van der Waals surface area contributed by atoms with E-state index in [4.69, 9.17) is 0 Å². The molecular formula is C11H18OSi. The normalized spacial score (nSPS) is 23.6. The molecule has 1 nitrogen and oxygen atoms in total. The number of carbonyl (C=O) groups is 1. The van der Waals surface area contributed by atoms with E-state index in [-0.39, 0.29) is 5.92 Å². The van der Waals surface area contributed by atoms with Crippen LogP contribution in [0.3, 0.4) is 0 Å². The summed E-state index contributed by atoms with van der Waals surface area (Å²) in [5.41, 5.74) is 3.29. The summed E-state index contributed by atoms with van der Waals surface area (Å²) in [7, 11) is -1.28. The zero-order valence-electron chi connectivity index (χ0n) is 8.81. The predicted octanol–water partition coefficient (Wildman–Crippen LogP) is 2.63. The Balaban J connectivity index is 2.60. The Morgan fingerprint density at radius 2 is 2.00 bits per heavy atom. The zero-order valence-corrected chi connectivity index (χ0v) is 9.81. The minimum Gasteiger partial charge on any atom is -0.298 e. The molecule has 0 amide bonds. The Morgan fingerprint density at radius 1 is 1.31 bits per heavy atom. The lowest BCUT2D eigenvalue weighted by atomic mass is 9.89. The predicted molar refractivity (Wildman–Crippen MR) is 58.1 cm³/mol. The molecule has 1 atom stereocenters.